The number of hydrogen-bond acceptors (Lipinski definition) is 1. The van der Waals surface area contributed by atoms with Gasteiger partial charge in [0.2, 0.25) is 0 Å². The van der Waals surface area contributed by atoms with Crippen LogP contribution in [0.2, 0.25) is 0 Å². The van der Waals surface area contributed by atoms with Gasteiger partial charge in [-0.05, 0) is 38.0 Å². The van der Waals surface area contributed by atoms with Crippen LogP contribution in [0.3, 0.4) is 0 Å². The maximum absolute atomic E-state index is 14.0. The van der Waals surface area contributed by atoms with Gasteiger partial charge in [-0.3, -0.25) is 0 Å². The minimum absolute atomic E-state index is 0.0124. The average molecular weight is 387 g/mol. The van der Waals surface area contributed by atoms with Gasteiger partial charge >= 0.3 is 0 Å². The molecule has 0 aliphatic heterocycles. The van der Waals surface area contributed by atoms with Gasteiger partial charge in [0.1, 0.15) is 17.5 Å². The van der Waals surface area contributed by atoms with E-state index < -0.39 is 17.5 Å². The zero-order chi connectivity index (χ0) is 20.3. The van der Waals surface area contributed by atoms with E-state index in [9.17, 15) is 13.2 Å². The molecule has 0 saturated carbocycles. The minimum atomic E-state index is -0.870. The van der Waals surface area contributed by atoms with Gasteiger partial charge in [-0.25, -0.2) is 13.2 Å². The second kappa shape index (κ2) is 12.4. The van der Waals surface area contributed by atoms with Gasteiger partial charge in [0, 0.05) is 24.8 Å². The fraction of sp³-hybridized carbons (Fsp3) is 0.739. The molecule has 1 aromatic rings. The van der Waals surface area contributed by atoms with Crippen LogP contribution in [0.25, 0.3) is 0 Å². The molecule has 0 aliphatic carbocycles. The van der Waals surface area contributed by atoms with Crippen LogP contribution >= 0.6 is 0 Å². The molecule has 156 valence electrons. The molecule has 4 heteroatoms. The van der Waals surface area contributed by atoms with E-state index in [-0.39, 0.29) is 23.5 Å². The molecule has 0 aromatic heterocycles. The van der Waals surface area contributed by atoms with Crippen LogP contribution in [0.5, 0.6) is 0 Å². The number of halogens is 3. The third-order valence-electron chi connectivity index (χ3n) is 6.10. The summed E-state index contributed by atoms with van der Waals surface area (Å²) in [5, 5.41) is 0. The van der Waals surface area contributed by atoms with Crippen molar-refractivity contribution in [1.29, 1.82) is 0 Å². The predicted octanol–water partition coefficient (Wildman–Crippen LogP) is 7.61. The summed E-state index contributed by atoms with van der Waals surface area (Å²) in [7, 11) is 1.74. The monoisotopic (exact) mass is 386 g/mol. The first-order valence-electron chi connectivity index (χ1n) is 10.6. The molecule has 0 amide bonds. The topological polar surface area (TPSA) is 9.23 Å². The zero-order valence-corrected chi connectivity index (χ0v) is 17.6. The highest BCUT2D eigenvalue weighted by atomic mass is 19.1. The van der Waals surface area contributed by atoms with Crippen molar-refractivity contribution in [3.05, 3.63) is 35.1 Å². The molecule has 0 fully saturated rings. The Labute approximate surface area is 163 Å². The standard InChI is InChI=1S/C23H37F3O/c1-5-8-9-10-11-12-13-18(23(6-2,7-3)27-4)14-15-20-21(25)16-19(24)17-22(20)26/h16-18H,5-15H2,1-4H3. The molecule has 0 radical (unpaired) electrons. The van der Waals surface area contributed by atoms with Crippen molar-refractivity contribution < 1.29 is 17.9 Å². The van der Waals surface area contributed by atoms with Crippen LogP contribution < -0.4 is 0 Å². The van der Waals surface area contributed by atoms with Crippen LogP contribution in [0.15, 0.2) is 12.1 Å². The Morgan fingerprint density at radius 2 is 1.41 bits per heavy atom. The molecule has 0 N–H and O–H groups in total. The highest BCUT2D eigenvalue weighted by Gasteiger charge is 2.35. The second-order valence-corrected chi connectivity index (χ2v) is 7.62. The summed E-state index contributed by atoms with van der Waals surface area (Å²) in [6.45, 7) is 6.43. The first-order valence-corrected chi connectivity index (χ1v) is 10.6. The Morgan fingerprint density at radius 3 is 1.93 bits per heavy atom. The SMILES string of the molecule is CCCCCCCCC(CCc1c(F)cc(F)cc1F)C(CC)(CC)OC. The van der Waals surface area contributed by atoms with Crippen molar-refractivity contribution in [1.82, 2.24) is 0 Å². The lowest BCUT2D eigenvalue weighted by Crippen LogP contribution is -2.39. The third-order valence-corrected chi connectivity index (χ3v) is 6.10. The fourth-order valence-electron chi connectivity index (χ4n) is 4.25. The highest BCUT2D eigenvalue weighted by Crippen LogP contribution is 2.36. The average Bonchev–Trinajstić information content (AvgIpc) is 2.64. The lowest BCUT2D eigenvalue weighted by atomic mass is 9.76. The van der Waals surface area contributed by atoms with E-state index in [0.29, 0.717) is 6.42 Å². The minimum Gasteiger partial charge on any atom is -0.378 e. The molecule has 27 heavy (non-hydrogen) atoms. The van der Waals surface area contributed by atoms with E-state index >= 15 is 0 Å². The fourth-order valence-corrected chi connectivity index (χ4v) is 4.25. The Morgan fingerprint density at radius 1 is 0.852 bits per heavy atom. The van der Waals surface area contributed by atoms with Crippen molar-refractivity contribution >= 4 is 0 Å². The first kappa shape index (κ1) is 24.0. The maximum atomic E-state index is 14.0. The Hall–Kier alpha value is -1.03. The molecule has 1 atom stereocenters. The van der Waals surface area contributed by atoms with Crippen LogP contribution in [0.4, 0.5) is 13.2 Å². The summed E-state index contributed by atoms with van der Waals surface area (Å²) in [4.78, 5) is 0. The Balaban J connectivity index is 2.79. The summed E-state index contributed by atoms with van der Waals surface area (Å²) >= 11 is 0. The summed E-state index contributed by atoms with van der Waals surface area (Å²) in [5.41, 5.74) is -0.280. The quantitative estimate of drug-likeness (QED) is 0.299. The van der Waals surface area contributed by atoms with Crippen LogP contribution in [0, 0.1) is 23.4 Å². The van der Waals surface area contributed by atoms with Crippen molar-refractivity contribution in [2.24, 2.45) is 5.92 Å². The zero-order valence-electron chi connectivity index (χ0n) is 17.6. The van der Waals surface area contributed by atoms with Gasteiger partial charge < -0.3 is 4.74 Å². The smallest absolute Gasteiger partial charge is 0.132 e. The molecule has 1 aromatic carbocycles. The molecular weight excluding hydrogens is 349 g/mol. The number of rotatable bonds is 14. The lowest BCUT2D eigenvalue weighted by Gasteiger charge is -2.39. The van der Waals surface area contributed by atoms with Crippen LogP contribution in [-0.2, 0) is 11.2 Å². The van der Waals surface area contributed by atoms with Gasteiger partial charge in [0.15, 0.2) is 0 Å². The Kier molecular flexibility index (Phi) is 11.1. The van der Waals surface area contributed by atoms with E-state index in [2.05, 4.69) is 20.8 Å². The van der Waals surface area contributed by atoms with Gasteiger partial charge in [0.25, 0.3) is 0 Å². The van der Waals surface area contributed by atoms with E-state index in [4.69, 9.17) is 4.74 Å². The van der Waals surface area contributed by atoms with E-state index in [1.807, 2.05) is 0 Å². The number of methoxy groups -OCH3 is 1. The molecule has 0 bridgehead atoms. The van der Waals surface area contributed by atoms with Crippen molar-refractivity contribution in [3.8, 4) is 0 Å². The third kappa shape index (κ3) is 7.14. The molecule has 1 unspecified atom stereocenters. The van der Waals surface area contributed by atoms with E-state index in [0.717, 1.165) is 37.8 Å². The van der Waals surface area contributed by atoms with Crippen molar-refractivity contribution in [3.63, 3.8) is 0 Å². The number of hydrogen-bond donors (Lipinski definition) is 0. The molecule has 0 spiro atoms. The van der Waals surface area contributed by atoms with Crippen molar-refractivity contribution in [2.45, 2.75) is 97.0 Å². The summed E-state index contributed by atoms with van der Waals surface area (Å²) in [5.74, 6) is -2.22. The Bertz CT molecular complexity index is 509. The van der Waals surface area contributed by atoms with Gasteiger partial charge in [-0.2, -0.15) is 0 Å². The van der Waals surface area contributed by atoms with Gasteiger partial charge in [0.05, 0.1) is 5.60 Å². The molecule has 1 rings (SSSR count). The predicted molar refractivity (Wildman–Crippen MR) is 106 cm³/mol. The number of unbranched alkanes of at least 4 members (excludes halogenated alkanes) is 5. The van der Waals surface area contributed by atoms with Crippen molar-refractivity contribution in [2.75, 3.05) is 7.11 Å². The summed E-state index contributed by atoms with van der Waals surface area (Å²) in [6, 6.07) is 1.54. The number of benzene rings is 1. The highest BCUT2D eigenvalue weighted by molar-refractivity contribution is 5.21. The van der Waals surface area contributed by atoms with Crippen LogP contribution in [-0.4, -0.2) is 12.7 Å². The normalized spacial score (nSPS) is 13.1. The van der Waals surface area contributed by atoms with Gasteiger partial charge in [-0.1, -0.05) is 59.3 Å². The largest absolute Gasteiger partial charge is 0.378 e. The van der Waals surface area contributed by atoms with E-state index in [1.54, 1.807) is 7.11 Å². The maximum Gasteiger partial charge on any atom is 0.132 e. The van der Waals surface area contributed by atoms with E-state index in [1.165, 1.54) is 32.1 Å². The number of ether oxygens (including phenoxy) is 1. The summed E-state index contributed by atoms with van der Waals surface area (Å²) < 4.78 is 47.1. The summed E-state index contributed by atoms with van der Waals surface area (Å²) in [6.07, 6.45) is 10.9. The van der Waals surface area contributed by atoms with Gasteiger partial charge in [-0.15, -0.1) is 0 Å². The molecule has 0 aliphatic rings. The lowest BCUT2D eigenvalue weighted by molar-refractivity contribution is -0.0705. The second-order valence-electron chi connectivity index (χ2n) is 7.62. The molecule has 0 saturated heterocycles. The first-order chi connectivity index (χ1) is 12.9. The molecular formula is C23H37F3O. The molecule has 1 nitrogen and oxygen atoms in total. The van der Waals surface area contributed by atoms with Crippen LogP contribution in [0.1, 0.15) is 90.5 Å². The molecule has 0 heterocycles.